The van der Waals surface area contributed by atoms with Crippen LogP contribution in [0, 0.1) is 0 Å². The van der Waals surface area contributed by atoms with Crippen LogP contribution in [0.3, 0.4) is 0 Å². The summed E-state index contributed by atoms with van der Waals surface area (Å²) in [6, 6.07) is 8.88. The highest BCUT2D eigenvalue weighted by Gasteiger charge is 2.41. The maximum Gasteiger partial charge on any atom is 0.117 e. The van der Waals surface area contributed by atoms with Gasteiger partial charge in [0, 0.05) is 17.3 Å². The van der Waals surface area contributed by atoms with E-state index < -0.39 is 8.07 Å². The molecular formula is C18H31BrOSi. The molecule has 0 N–H and O–H groups in total. The Labute approximate surface area is 140 Å². The first kappa shape index (κ1) is 18.9. The van der Waals surface area contributed by atoms with E-state index in [2.05, 4.69) is 74.4 Å². The second-order valence-electron chi connectivity index (χ2n) is 7.20. The molecule has 3 heteroatoms. The lowest BCUT2D eigenvalue weighted by Crippen LogP contribution is -2.56. The quantitative estimate of drug-likeness (QED) is 0.422. The van der Waals surface area contributed by atoms with Crippen molar-refractivity contribution < 1.29 is 4.74 Å². The second kappa shape index (κ2) is 8.49. The molecule has 1 rings (SSSR count). The van der Waals surface area contributed by atoms with Crippen molar-refractivity contribution in [3.63, 3.8) is 0 Å². The fourth-order valence-electron chi connectivity index (χ4n) is 2.46. The number of hydrogen-bond donors (Lipinski definition) is 0. The Morgan fingerprint density at radius 3 is 2.19 bits per heavy atom. The van der Waals surface area contributed by atoms with Gasteiger partial charge in [-0.2, -0.15) is 0 Å². The number of halogens is 1. The smallest absolute Gasteiger partial charge is 0.117 e. The SMILES string of the molecule is CCCCCCOC[Si](C)(c1ccc(Br)cc1)C(C)(C)C. The molecule has 0 amide bonds. The molecule has 0 saturated heterocycles. The molecule has 1 unspecified atom stereocenters. The van der Waals surface area contributed by atoms with Crippen LogP contribution < -0.4 is 5.19 Å². The Kier molecular flexibility index (Phi) is 7.65. The highest BCUT2D eigenvalue weighted by Crippen LogP contribution is 2.36. The van der Waals surface area contributed by atoms with E-state index in [1.54, 1.807) is 0 Å². The summed E-state index contributed by atoms with van der Waals surface area (Å²) < 4.78 is 7.26. The van der Waals surface area contributed by atoms with Gasteiger partial charge < -0.3 is 4.74 Å². The van der Waals surface area contributed by atoms with Gasteiger partial charge in [0.05, 0.1) is 0 Å². The number of unbranched alkanes of at least 4 members (excludes halogenated alkanes) is 3. The van der Waals surface area contributed by atoms with E-state index in [0.29, 0.717) is 5.04 Å². The predicted molar refractivity (Wildman–Crippen MR) is 100 cm³/mol. The minimum atomic E-state index is -1.66. The molecule has 120 valence electrons. The summed E-state index contributed by atoms with van der Waals surface area (Å²) in [5, 5.41) is 1.79. The lowest BCUT2D eigenvalue weighted by atomic mass is 10.2. The van der Waals surface area contributed by atoms with Gasteiger partial charge in [-0.05, 0) is 23.6 Å². The van der Waals surface area contributed by atoms with Crippen molar-refractivity contribution in [2.75, 3.05) is 12.8 Å². The van der Waals surface area contributed by atoms with E-state index in [9.17, 15) is 0 Å². The van der Waals surface area contributed by atoms with Gasteiger partial charge >= 0.3 is 0 Å². The first-order valence-electron chi connectivity index (χ1n) is 8.15. The van der Waals surface area contributed by atoms with E-state index in [1.165, 1.54) is 30.9 Å². The number of ether oxygens (including phenoxy) is 1. The van der Waals surface area contributed by atoms with Crippen molar-refractivity contribution in [1.82, 2.24) is 0 Å². The Hall–Kier alpha value is -0.123. The number of rotatable bonds is 8. The molecular weight excluding hydrogens is 340 g/mol. The van der Waals surface area contributed by atoms with Gasteiger partial charge in [0.2, 0.25) is 0 Å². The molecule has 0 aliphatic heterocycles. The molecule has 1 nitrogen and oxygen atoms in total. The van der Waals surface area contributed by atoms with Gasteiger partial charge in [-0.15, -0.1) is 0 Å². The predicted octanol–water partition coefficient (Wildman–Crippen LogP) is 5.67. The van der Waals surface area contributed by atoms with E-state index in [-0.39, 0.29) is 0 Å². The summed E-state index contributed by atoms with van der Waals surface area (Å²) in [5.74, 6) is 0. The van der Waals surface area contributed by atoms with Crippen molar-refractivity contribution in [2.45, 2.75) is 65.0 Å². The average molecular weight is 371 g/mol. The summed E-state index contributed by atoms with van der Waals surface area (Å²) >= 11 is 3.53. The Bertz CT molecular complexity index is 410. The summed E-state index contributed by atoms with van der Waals surface area (Å²) in [7, 11) is -1.66. The molecule has 0 heterocycles. The van der Waals surface area contributed by atoms with Crippen LogP contribution in [0.4, 0.5) is 0 Å². The van der Waals surface area contributed by atoms with Crippen molar-refractivity contribution in [2.24, 2.45) is 0 Å². The maximum absolute atomic E-state index is 6.11. The zero-order valence-corrected chi connectivity index (χ0v) is 16.9. The van der Waals surface area contributed by atoms with Crippen molar-refractivity contribution in [3.8, 4) is 0 Å². The molecule has 0 radical (unpaired) electrons. The molecule has 21 heavy (non-hydrogen) atoms. The average Bonchev–Trinajstić information content (AvgIpc) is 2.42. The zero-order chi connectivity index (χ0) is 15.9. The third kappa shape index (κ3) is 5.54. The summed E-state index contributed by atoms with van der Waals surface area (Å²) in [4.78, 5) is 0. The molecule has 0 aliphatic carbocycles. The first-order valence-corrected chi connectivity index (χ1v) is 11.6. The highest BCUT2D eigenvalue weighted by molar-refractivity contribution is 9.10. The molecule has 0 bridgehead atoms. The number of hydrogen-bond acceptors (Lipinski definition) is 1. The molecule has 1 atom stereocenters. The lowest BCUT2D eigenvalue weighted by Gasteiger charge is -2.40. The second-order valence-corrected chi connectivity index (χ2v) is 13.1. The lowest BCUT2D eigenvalue weighted by molar-refractivity contribution is 0.165. The van der Waals surface area contributed by atoms with Crippen LogP contribution in [0.15, 0.2) is 28.7 Å². The van der Waals surface area contributed by atoms with Crippen LogP contribution in [0.2, 0.25) is 11.6 Å². The topological polar surface area (TPSA) is 9.23 Å². The molecule has 0 aromatic heterocycles. The highest BCUT2D eigenvalue weighted by atomic mass is 79.9. The maximum atomic E-state index is 6.11. The van der Waals surface area contributed by atoms with Gasteiger partial charge in [0.25, 0.3) is 0 Å². The van der Waals surface area contributed by atoms with Gasteiger partial charge in [-0.3, -0.25) is 0 Å². The Balaban J connectivity index is 2.69. The van der Waals surface area contributed by atoms with E-state index in [4.69, 9.17) is 4.74 Å². The van der Waals surface area contributed by atoms with Gasteiger partial charge in [-0.1, -0.05) is 86.8 Å². The largest absolute Gasteiger partial charge is 0.384 e. The molecule has 0 saturated carbocycles. The minimum Gasteiger partial charge on any atom is -0.384 e. The van der Waals surface area contributed by atoms with E-state index in [0.717, 1.165) is 17.3 Å². The van der Waals surface area contributed by atoms with Crippen LogP contribution in [0.5, 0.6) is 0 Å². The Morgan fingerprint density at radius 1 is 1.05 bits per heavy atom. The zero-order valence-electron chi connectivity index (χ0n) is 14.3. The Morgan fingerprint density at radius 2 is 1.67 bits per heavy atom. The van der Waals surface area contributed by atoms with Gasteiger partial charge in [0.15, 0.2) is 0 Å². The standard InChI is InChI=1S/C18H31BrOSi/c1-6-7-8-9-14-20-15-21(5,18(2,3)4)17-12-10-16(19)11-13-17/h10-13H,6-9,14-15H2,1-5H3. The minimum absolute atomic E-state index is 0.296. The monoisotopic (exact) mass is 370 g/mol. The first-order chi connectivity index (χ1) is 9.81. The molecule has 0 fully saturated rings. The van der Waals surface area contributed by atoms with Gasteiger partial charge in [0.1, 0.15) is 8.07 Å². The van der Waals surface area contributed by atoms with E-state index in [1.807, 2.05) is 0 Å². The van der Waals surface area contributed by atoms with Crippen molar-refractivity contribution >= 4 is 29.2 Å². The summed E-state index contributed by atoms with van der Waals surface area (Å²) in [6.45, 7) is 12.7. The van der Waals surface area contributed by atoms with Crippen molar-refractivity contribution in [1.29, 1.82) is 0 Å². The fourth-order valence-corrected chi connectivity index (χ4v) is 5.64. The van der Waals surface area contributed by atoms with Crippen LogP contribution >= 0.6 is 15.9 Å². The molecule has 1 aromatic rings. The third-order valence-electron chi connectivity index (χ3n) is 4.67. The molecule has 0 aliphatic rings. The molecule has 0 spiro atoms. The van der Waals surface area contributed by atoms with E-state index >= 15 is 0 Å². The van der Waals surface area contributed by atoms with Crippen LogP contribution in [0.1, 0.15) is 53.4 Å². The number of benzene rings is 1. The van der Waals surface area contributed by atoms with Crippen LogP contribution in [-0.4, -0.2) is 20.9 Å². The summed E-state index contributed by atoms with van der Waals surface area (Å²) in [5.41, 5.74) is 0. The van der Waals surface area contributed by atoms with Crippen LogP contribution in [-0.2, 0) is 4.74 Å². The normalized spacial score (nSPS) is 15.0. The molecule has 1 aromatic carbocycles. The summed E-state index contributed by atoms with van der Waals surface area (Å²) in [6.07, 6.45) is 6.02. The van der Waals surface area contributed by atoms with Crippen LogP contribution in [0.25, 0.3) is 0 Å². The van der Waals surface area contributed by atoms with Gasteiger partial charge in [-0.25, -0.2) is 0 Å². The van der Waals surface area contributed by atoms with Crippen molar-refractivity contribution in [3.05, 3.63) is 28.7 Å². The fraction of sp³-hybridized carbons (Fsp3) is 0.667. The third-order valence-corrected chi connectivity index (χ3v) is 10.9.